The van der Waals surface area contributed by atoms with Crippen molar-refractivity contribution in [3.63, 3.8) is 0 Å². The lowest BCUT2D eigenvalue weighted by molar-refractivity contribution is 0.0830. The van der Waals surface area contributed by atoms with Crippen molar-refractivity contribution in [3.05, 3.63) is 41.5 Å². The number of rotatable bonds is 0. The molecule has 0 bridgehead atoms. The minimum atomic E-state index is 0.236. The van der Waals surface area contributed by atoms with Gasteiger partial charge in [0.25, 0.3) is 0 Å². The smallest absolute Gasteiger partial charge is 0.0804 e. The van der Waals surface area contributed by atoms with E-state index in [1.807, 2.05) is 0 Å². The van der Waals surface area contributed by atoms with E-state index in [9.17, 15) is 0 Å². The van der Waals surface area contributed by atoms with Crippen molar-refractivity contribution in [1.29, 1.82) is 0 Å². The first kappa shape index (κ1) is 8.52. The monoisotopic (exact) mass is 174 g/mol. The lowest BCUT2D eigenvalue weighted by atomic mass is 9.94. The molecule has 0 radical (unpaired) electrons. The largest absolute Gasteiger partial charge is 0.369 e. The molecule has 1 aromatic rings. The van der Waals surface area contributed by atoms with Gasteiger partial charge in [-0.05, 0) is 30.5 Å². The van der Waals surface area contributed by atoms with E-state index >= 15 is 0 Å². The quantitative estimate of drug-likeness (QED) is 0.587. The van der Waals surface area contributed by atoms with Crippen LogP contribution in [0.5, 0.6) is 0 Å². The minimum absolute atomic E-state index is 0.236. The summed E-state index contributed by atoms with van der Waals surface area (Å²) < 4.78 is 5.64. The Hall–Kier alpha value is -1.08. The Morgan fingerprint density at radius 3 is 2.92 bits per heavy atom. The van der Waals surface area contributed by atoms with Gasteiger partial charge in [0.1, 0.15) is 0 Å². The SMILES string of the molecule is C/C=C1/c2ccccc2COC1C. The van der Waals surface area contributed by atoms with Gasteiger partial charge in [0, 0.05) is 0 Å². The number of allylic oxidation sites excluding steroid dienone is 1. The Bertz CT molecular complexity index is 339. The number of benzene rings is 1. The van der Waals surface area contributed by atoms with Crippen molar-refractivity contribution < 1.29 is 4.74 Å². The molecule has 1 aliphatic heterocycles. The lowest BCUT2D eigenvalue weighted by Gasteiger charge is -2.25. The zero-order chi connectivity index (χ0) is 9.26. The molecular weight excluding hydrogens is 160 g/mol. The van der Waals surface area contributed by atoms with Crippen molar-refractivity contribution in [1.82, 2.24) is 0 Å². The summed E-state index contributed by atoms with van der Waals surface area (Å²) in [7, 11) is 0. The van der Waals surface area contributed by atoms with Gasteiger partial charge in [0.15, 0.2) is 0 Å². The predicted molar refractivity (Wildman–Crippen MR) is 54.3 cm³/mol. The van der Waals surface area contributed by atoms with Crippen LogP contribution in [0.25, 0.3) is 5.57 Å². The molecule has 0 amide bonds. The van der Waals surface area contributed by atoms with E-state index in [2.05, 4.69) is 44.2 Å². The minimum Gasteiger partial charge on any atom is -0.369 e. The Balaban J connectivity index is 2.52. The standard InChI is InChI=1S/C12H14O/c1-3-11-9(2)13-8-10-6-4-5-7-12(10)11/h3-7,9H,8H2,1-2H3/b11-3+. The van der Waals surface area contributed by atoms with Crippen molar-refractivity contribution in [2.45, 2.75) is 26.6 Å². The van der Waals surface area contributed by atoms with Gasteiger partial charge in [-0.2, -0.15) is 0 Å². The highest BCUT2D eigenvalue weighted by atomic mass is 16.5. The molecule has 1 nitrogen and oxygen atoms in total. The molecule has 68 valence electrons. The van der Waals surface area contributed by atoms with Gasteiger partial charge >= 0.3 is 0 Å². The van der Waals surface area contributed by atoms with Gasteiger partial charge in [-0.25, -0.2) is 0 Å². The van der Waals surface area contributed by atoms with E-state index in [-0.39, 0.29) is 6.10 Å². The first-order chi connectivity index (χ1) is 6.33. The second-order valence-electron chi connectivity index (χ2n) is 3.35. The van der Waals surface area contributed by atoms with Crippen molar-refractivity contribution in [3.8, 4) is 0 Å². The maximum Gasteiger partial charge on any atom is 0.0804 e. The normalized spacial score (nSPS) is 24.5. The molecule has 1 aliphatic rings. The highest BCUT2D eigenvalue weighted by Crippen LogP contribution is 2.29. The van der Waals surface area contributed by atoms with E-state index < -0.39 is 0 Å². The summed E-state index contributed by atoms with van der Waals surface area (Å²) in [6, 6.07) is 8.44. The number of ether oxygens (including phenoxy) is 1. The molecule has 0 saturated heterocycles. The van der Waals surface area contributed by atoms with E-state index in [1.165, 1.54) is 16.7 Å². The summed E-state index contributed by atoms with van der Waals surface area (Å²) in [5.41, 5.74) is 3.96. The summed E-state index contributed by atoms with van der Waals surface area (Å²) in [6.45, 7) is 4.91. The van der Waals surface area contributed by atoms with Gasteiger partial charge in [-0.3, -0.25) is 0 Å². The number of hydrogen-bond acceptors (Lipinski definition) is 1. The molecule has 1 aromatic carbocycles. The molecular formula is C12H14O. The van der Waals surface area contributed by atoms with Crippen LogP contribution in [0.1, 0.15) is 25.0 Å². The molecule has 0 spiro atoms. The molecule has 1 heteroatoms. The van der Waals surface area contributed by atoms with Crippen LogP contribution in [0.4, 0.5) is 0 Å². The predicted octanol–water partition coefficient (Wildman–Crippen LogP) is 3.01. The zero-order valence-electron chi connectivity index (χ0n) is 8.08. The first-order valence-corrected chi connectivity index (χ1v) is 4.69. The Morgan fingerprint density at radius 2 is 2.15 bits per heavy atom. The molecule has 0 saturated carbocycles. The summed E-state index contributed by atoms with van der Waals surface area (Å²) in [5.74, 6) is 0. The van der Waals surface area contributed by atoms with Crippen LogP contribution in [-0.2, 0) is 11.3 Å². The van der Waals surface area contributed by atoms with E-state index in [1.54, 1.807) is 0 Å². The number of fused-ring (bicyclic) bond motifs is 1. The third-order valence-corrected chi connectivity index (χ3v) is 2.57. The van der Waals surface area contributed by atoms with E-state index in [4.69, 9.17) is 4.74 Å². The first-order valence-electron chi connectivity index (χ1n) is 4.69. The highest BCUT2D eigenvalue weighted by molar-refractivity contribution is 5.71. The average molecular weight is 174 g/mol. The molecule has 1 unspecified atom stereocenters. The van der Waals surface area contributed by atoms with Crippen LogP contribution in [0.15, 0.2) is 30.3 Å². The van der Waals surface area contributed by atoms with Crippen LogP contribution in [0, 0.1) is 0 Å². The molecule has 0 aromatic heterocycles. The van der Waals surface area contributed by atoms with Crippen LogP contribution < -0.4 is 0 Å². The molecule has 2 rings (SSSR count). The molecule has 1 heterocycles. The third-order valence-electron chi connectivity index (χ3n) is 2.57. The maximum atomic E-state index is 5.64. The van der Waals surface area contributed by atoms with E-state index in [0.717, 1.165) is 6.61 Å². The fourth-order valence-electron chi connectivity index (χ4n) is 1.84. The van der Waals surface area contributed by atoms with E-state index in [0.29, 0.717) is 0 Å². The highest BCUT2D eigenvalue weighted by Gasteiger charge is 2.19. The van der Waals surface area contributed by atoms with Crippen LogP contribution in [0.3, 0.4) is 0 Å². The molecule has 1 atom stereocenters. The fraction of sp³-hybridized carbons (Fsp3) is 0.333. The molecule has 0 N–H and O–H groups in total. The fourth-order valence-corrected chi connectivity index (χ4v) is 1.84. The lowest BCUT2D eigenvalue weighted by Crippen LogP contribution is -2.17. The summed E-state index contributed by atoms with van der Waals surface area (Å²) in [4.78, 5) is 0. The van der Waals surface area contributed by atoms with Gasteiger partial charge in [0.2, 0.25) is 0 Å². The van der Waals surface area contributed by atoms with Crippen molar-refractivity contribution in [2.24, 2.45) is 0 Å². The zero-order valence-corrected chi connectivity index (χ0v) is 8.08. The van der Waals surface area contributed by atoms with Gasteiger partial charge in [-0.15, -0.1) is 0 Å². The third kappa shape index (κ3) is 1.40. The second kappa shape index (κ2) is 3.35. The molecule has 0 aliphatic carbocycles. The molecule has 0 fully saturated rings. The van der Waals surface area contributed by atoms with Crippen LogP contribution in [0.2, 0.25) is 0 Å². The van der Waals surface area contributed by atoms with Crippen LogP contribution in [-0.4, -0.2) is 6.10 Å². The Kier molecular flexibility index (Phi) is 2.19. The maximum absolute atomic E-state index is 5.64. The van der Waals surface area contributed by atoms with Gasteiger partial charge in [-0.1, -0.05) is 30.3 Å². The summed E-state index contributed by atoms with van der Waals surface area (Å²) in [6.07, 6.45) is 2.38. The average Bonchev–Trinajstić information content (AvgIpc) is 2.18. The van der Waals surface area contributed by atoms with Crippen molar-refractivity contribution in [2.75, 3.05) is 0 Å². The Labute approximate surface area is 79.0 Å². The van der Waals surface area contributed by atoms with Crippen molar-refractivity contribution >= 4 is 5.57 Å². The number of hydrogen-bond donors (Lipinski definition) is 0. The van der Waals surface area contributed by atoms with Gasteiger partial charge < -0.3 is 4.74 Å². The Morgan fingerprint density at radius 1 is 1.38 bits per heavy atom. The van der Waals surface area contributed by atoms with Crippen LogP contribution >= 0.6 is 0 Å². The second-order valence-corrected chi connectivity index (χ2v) is 3.35. The molecule has 13 heavy (non-hydrogen) atoms. The van der Waals surface area contributed by atoms with Gasteiger partial charge in [0.05, 0.1) is 12.7 Å². The topological polar surface area (TPSA) is 9.23 Å². The summed E-state index contributed by atoms with van der Waals surface area (Å²) in [5, 5.41) is 0. The summed E-state index contributed by atoms with van der Waals surface area (Å²) >= 11 is 0.